The summed E-state index contributed by atoms with van der Waals surface area (Å²) in [6, 6.07) is 0.148. The Labute approximate surface area is 87.0 Å². The highest BCUT2D eigenvalue weighted by atomic mass is 32.2. The summed E-state index contributed by atoms with van der Waals surface area (Å²) in [5.41, 5.74) is 6.78. The van der Waals surface area contributed by atoms with Gasteiger partial charge in [-0.2, -0.15) is 0 Å². The molecular weight excluding hydrogens is 198 g/mol. The fraction of sp³-hybridized carbons (Fsp3) is 0.667. The van der Waals surface area contributed by atoms with E-state index in [9.17, 15) is 4.21 Å². The van der Waals surface area contributed by atoms with Gasteiger partial charge in [0.25, 0.3) is 0 Å². The van der Waals surface area contributed by atoms with Crippen LogP contribution in [0.2, 0.25) is 0 Å². The highest BCUT2D eigenvalue weighted by Crippen LogP contribution is 2.15. The van der Waals surface area contributed by atoms with E-state index in [2.05, 4.69) is 4.98 Å². The Morgan fingerprint density at radius 1 is 1.64 bits per heavy atom. The molecule has 0 saturated heterocycles. The van der Waals surface area contributed by atoms with Crippen molar-refractivity contribution in [3.8, 4) is 0 Å². The van der Waals surface area contributed by atoms with Gasteiger partial charge in [-0.1, -0.05) is 0 Å². The SMILES string of the molecule is CC(CS(C)=O)n1cncc1[C@H](C)N. The first-order valence-corrected chi connectivity index (χ1v) is 6.32. The van der Waals surface area contributed by atoms with Crippen LogP contribution < -0.4 is 5.73 Å². The van der Waals surface area contributed by atoms with Gasteiger partial charge in [0.15, 0.2) is 0 Å². The zero-order valence-electron chi connectivity index (χ0n) is 8.80. The largest absolute Gasteiger partial charge is 0.329 e. The van der Waals surface area contributed by atoms with E-state index < -0.39 is 10.8 Å². The maximum Gasteiger partial charge on any atom is 0.0951 e. The number of hydrogen-bond acceptors (Lipinski definition) is 3. The summed E-state index contributed by atoms with van der Waals surface area (Å²) in [5, 5.41) is 0. The fourth-order valence-electron chi connectivity index (χ4n) is 1.46. The molecule has 4 nitrogen and oxygen atoms in total. The third-order valence-electron chi connectivity index (χ3n) is 2.11. The van der Waals surface area contributed by atoms with Crippen LogP contribution in [-0.2, 0) is 10.8 Å². The van der Waals surface area contributed by atoms with Crippen LogP contribution in [0.3, 0.4) is 0 Å². The van der Waals surface area contributed by atoms with Crippen LogP contribution in [0, 0.1) is 0 Å². The zero-order chi connectivity index (χ0) is 10.7. The van der Waals surface area contributed by atoms with Gasteiger partial charge in [-0.15, -0.1) is 0 Å². The third kappa shape index (κ3) is 2.65. The van der Waals surface area contributed by atoms with E-state index in [1.807, 2.05) is 18.4 Å². The van der Waals surface area contributed by atoms with Gasteiger partial charge >= 0.3 is 0 Å². The van der Waals surface area contributed by atoms with Crippen molar-refractivity contribution in [3.05, 3.63) is 18.2 Å². The average molecular weight is 215 g/mol. The Hall–Kier alpha value is -0.680. The molecule has 1 aromatic rings. The van der Waals surface area contributed by atoms with E-state index in [1.54, 1.807) is 18.8 Å². The molecule has 1 heterocycles. The highest BCUT2D eigenvalue weighted by Gasteiger charge is 2.12. The zero-order valence-corrected chi connectivity index (χ0v) is 9.62. The molecule has 14 heavy (non-hydrogen) atoms. The predicted octanol–water partition coefficient (Wildman–Crippen LogP) is 0.842. The first-order chi connectivity index (χ1) is 6.52. The van der Waals surface area contributed by atoms with Crippen LogP contribution in [0.15, 0.2) is 12.5 Å². The lowest BCUT2D eigenvalue weighted by Gasteiger charge is -2.16. The number of imidazole rings is 1. The van der Waals surface area contributed by atoms with Crippen LogP contribution >= 0.6 is 0 Å². The summed E-state index contributed by atoms with van der Waals surface area (Å²) in [6.07, 6.45) is 5.22. The van der Waals surface area contributed by atoms with Crippen molar-refractivity contribution in [2.24, 2.45) is 5.73 Å². The second kappa shape index (κ2) is 4.70. The van der Waals surface area contributed by atoms with Crippen molar-refractivity contribution in [1.82, 2.24) is 9.55 Å². The van der Waals surface area contributed by atoms with Crippen molar-refractivity contribution in [2.75, 3.05) is 12.0 Å². The molecule has 0 aliphatic heterocycles. The minimum absolute atomic E-state index is 0.0368. The van der Waals surface area contributed by atoms with Gasteiger partial charge < -0.3 is 10.3 Å². The van der Waals surface area contributed by atoms with Gasteiger partial charge in [0, 0.05) is 41.1 Å². The summed E-state index contributed by atoms with van der Waals surface area (Å²) in [5.74, 6) is 0.635. The maximum absolute atomic E-state index is 11.1. The Morgan fingerprint density at radius 2 is 2.29 bits per heavy atom. The molecule has 1 rings (SSSR count). The minimum atomic E-state index is -0.791. The van der Waals surface area contributed by atoms with Crippen LogP contribution in [0.25, 0.3) is 0 Å². The first kappa shape index (κ1) is 11.4. The standard InChI is InChI=1S/C9H17N3OS/c1-7(5-14(3)13)12-6-11-4-9(12)8(2)10/h4,6-8H,5,10H2,1-3H3/t7?,8-,14?/m0/s1. The van der Waals surface area contributed by atoms with Gasteiger partial charge in [0.1, 0.15) is 0 Å². The third-order valence-corrected chi connectivity index (χ3v) is 3.07. The summed E-state index contributed by atoms with van der Waals surface area (Å²) in [4.78, 5) is 4.06. The summed E-state index contributed by atoms with van der Waals surface area (Å²) in [7, 11) is -0.791. The number of nitrogens with zero attached hydrogens (tertiary/aromatic N) is 2. The van der Waals surface area contributed by atoms with Crippen molar-refractivity contribution in [3.63, 3.8) is 0 Å². The Morgan fingerprint density at radius 3 is 2.79 bits per heavy atom. The molecule has 3 atom stereocenters. The quantitative estimate of drug-likeness (QED) is 0.809. The van der Waals surface area contributed by atoms with E-state index in [1.165, 1.54) is 0 Å². The van der Waals surface area contributed by atoms with E-state index >= 15 is 0 Å². The highest BCUT2D eigenvalue weighted by molar-refractivity contribution is 7.84. The van der Waals surface area contributed by atoms with Gasteiger partial charge in [0.2, 0.25) is 0 Å². The van der Waals surface area contributed by atoms with E-state index in [4.69, 9.17) is 5.73 Å². The second-order valence-corrected chi connectivity index (χ2v) is 5.08. The Bertz CT molecular complexity index is 322. The Balaban J connectivity index is 2.83. The molecule has 0 saturated carbocycles. The number of aromatic nitrogens is 2. The van der Waals surface area contributed by atoms with Gasteiger partial charge in [-0.25, -0.2) is 4.98 Å². The molecule has 2 N–H and O–H groups in total. The molecule has 0 fully saturated rings. The molecule has 0 amide bonds. The van der Waals surface area contributed by atoms with E-state index in [0.717, 1.165) is 5.69 Å². The van der Waals surface area contributed by atoms with Crippen LogP contribution in [0.4, 0.5) is 0 Å². The molecule has 0 aliphatic rings. The lowest BCUT2D eigenvalue weighted by molar-refractivity contribution is 0.554. The van der Waals surface area contributed by atoms with Crippen molar-refractivity contribution in [2.45, 2.75) is 25.9 Å². The van der Waals surface area contributed by atoms with Crippen LogP contribution in [0.1, 0.15) is 31.6 Å². The molecule has 5 heteroatoms. The topological polar surface area (TPSA) is 60.9 Å². The molecule has 0 bridgehead atoms. The molecule has 80 valence electrons. The fourth-order valence-corrected chi connectivity index (χ4v) is 2.30. The minimum Gasteiger partial charge on any atom is -0.329 e. The van der Waals surface area contributed by atoms with Crippen molar-refractivity contribution in [1.29, 1.82) is 0 Å². The maximum atomic E-state index is 11.1. The molecular formula is C9H17N3OS. The molecule has 2 unspecified atom stereocenters. The number of nitrogens with two attached hydrogens (primary N) is 1. The van der Waals surface area contributed by atoms with E-state index in [0.29, 0.717) is 5.75 Å². The molecule has 0 spiro atoms. The Kier molecular flexibility index (Phi) is 3.83. The monoisotopic (exact) mass is 215 g/mol. The molecule has 0 aliphatic carbocycles. The summed E-state index contributed by atoms with van der Waals surface area (Å²) >= 11 is 0. The molecule has 0 aromatic carbocycles. The van der Waals surface area contributed by atoms with Gasteiger partial charge in [-0.3, -0.25) is 4.21 Å². The number of rotatable bonds is 4. The second-order valence-electron chi connectivity index (χ2n) is 3.60. The lowest BCUT2D eigenvalue weighted by Crippen LogP contribution is -2.18. The van der Waals surface area contributed by atoms with Crippen LogP contribution in [-0.4, -0.2) is 25.8 Å². The van der Waals surface area contributed by atoms with Crippen LogP contribution in [0.5, 0.6) is 0 Å². The normalized spacial score (nSPS) is 17.7. The summed E-state index contributed by atoms with van der Waals surface area (Å²) in [6.45, 7) is 3.94. The molecule has 1 aromatic heterocycles. The molecule has 0 radical (unpaired) electrons. The number of hydrogen-bond donors (Lipinski definition) is 1. The summed E-state index contributed by atoms with van der Waals surface area (Å²) < 4.78 is 13.1. The average Bonchev–Trinajstić information content (AvgIpc) is 2.49. The smallest absolute Gasteiger partial charge is 0.0951 e. The van der Waals surface area contributed by atoms with E-state index in [-0.39, 0.29) is 12.1 Å². The van der Waals surface area contributed by atoms with Crippen molar-refractivity contribution < 1.29 is 4.21 Å². The predicted molar refractivity (Wildman–Crippen MR) is 58.5 cm³/mol. The lowest BCUT2D eigenvalue weighted by atomic mass is 10.2. The van der Waals surface area contributed by atoms with Gasteiger partial charge in [0.05, 0.1) is 12.0 Å². The first-order valence-electron chi connectivity index (χ1n) is 4.59. The van der Waals surface area contributed by atoms with Crippen molar-refractivity contribution >= 4 is 10.8 Å². The van der Waals surface area contributed by atoms with Gasteiger partial charge in [-0.05, 0) is 13.8 Å².